The second-order valence-electron chi connectivity index (χ2n) is 5.25. The van der Waals surface area contributed by atoms with E-state index in [1.807, 2.05) is 0 Å². The van der Waals surface area contributed by atoms with Gasteiger partial charge in [0.1, 0.15) is 0 Å². The van der Waals surface area contributed by atoms with Gasteiger partial charge in [0.05, 0.1) is 39.3 Å². The first kappa shape index (κ1) is 12.4. The van der Waals surface area contributed by atoms with Crippen molar-refractivity contribution in [2.75, 3.05) is 44.2 Å². The lowest BCUT2D eigenvalue weighted by atomic mass is 10.1. The van der Waals surface area contributed by atoms with Crippen LogP contribution in [-0.4, -0.2) is 43.8 Å². The largest absolute Gasteiger partial charge is 0.360 e. The van der Waals surface area contributed by atoms with Crippen molar-refractivity contribution in [2.45, 2.75) is 20.8 Å². The fourth-order valence-electron chi connectivity index (χ4n) is 2.83. The van der Waals surface area contributed by atoms with Gasteiger partial charge in [-0.1, -0.05) is 12.1 Å². The molecule has 94 valence electrons. The Bertz CT molecular complexity index is 359. The van der Waals surface area contributed by atoms with Gasteiger partial charge in [0, 0.05) is 5.69 Å². The highest BCUT2D eigenvalue weighted by Crippen LogP contribution is 2.20. The Hall–Kier alpha value is -1.02. The van der Waals surface area contributed by atoms with E-state index in [4.69, 9.17) is 0 Å². The Morgan fingerprint density at radius 2 is 1.76 bits per heavy atom. The van der Waals surface area contributed by atoms with Crippen molar-refractivity contribution in [1.82, 2.24) is 0 Å². The van der Waals surface area contributed by atoms with Crippen LogP contribution in [0.25, 0.3) is 0 Å². The highest BCUT2D eigenvalue weighted by atomic mass is 15.4. The Labute approximate surface area is 105 Å². The summed E-state index contributed by atoms with van der Waals surface area (Å²) in [4.78, 5) is 2.54. The van der Waals surface area contributed by atoms with E-state index in [1.54, 1.807) is 0 Å². The summed E-state index contributed by atoms with van der Waals surface area (Å²) in [5.74, 6) is 0. The van der Waals surface area contributed by atoms with Gasteiger partial charge in [0.15, 0.2) is 0 Å². The summed E-state index contributed by atoms with van der Waals surface area (Å²) in [5.41, 5.74) is 2.76. The molecule has 0 amide bonds. The third kappa shape index (κ3) is 2.63. The quantitative estimate of drug-likeness (QED) is 0.726. The molecule has 1 aromatic carbocycles. The second-order valence-corrected chi connectivity index (χ2v) is 5.25. The highest BCUT2D eigenvalue weighted by Gasteiger charge is 2.29. The Morgan fingerprint density at radius 1 is 1.12 bits per heavy atom. The number of benzene rings is 1. The Balaban J connectivity index is 2.04. The highest BCUT2D eigenvalue weighted by molar-refractivity contribution is 5.48. The Kier molecular flexibility index (Phi) is 3.72. The monoisotopic (exact) mass is 233 g/mol. The summed E-state index contributed by atoms with van der Waals surface area (Å²) in [6.07, 6.45) is 0. The minimum atomic E-state index is 1.20. The molecular formula is C15H25N2+. The molecule has 0 atom stereocenters. The van der Waals surface area contributed by atoms with Crippen molar-refractivity contribution in [2.24, 2.45) is 0 Å². The first-order chi connectivity index (χ1) is 8.19. The van der Waals surface area contributed by atoms with Gasteiger partial charge in [-0.25, -0.2) is 0 Å². The average molecular weight is 233 g/mol. The van der Waals surface area contributed by atoms with Crippen LogP contribution in [0.4, 0.5) is 5.69 Å². The molecule has 0 aliphatic carbocycles. The van der Waals surface area contributed by atoms with Crippen LogP contribution < -0.4 is 4.90 Å². The lowest BCUT2D eigenvalue weighted by Crippen LogP contribution is -2.59. The van der Waals surface area contributed by atoms with Crippen LogP contribution in [0.3, 0.4) is 0 Å². The first-order valence-corrected chi connectivity index (χ1v) is 6.86. The minimum absolute atomic E-state index is 1.20. The summed E-state index contributed by atoms with van der Waals surface area (Å²) < 4.78 is 1.29. The number of nitrogens with zero attached hydrogens (tertiary/aromatic N) is 2. The van der Waals surface area contributed by atoms with E-state index in [1.165, 1.54) is 55.0 Å². The molecule has 0 radical (unpaired) electrons. The number of aryl methyl sites for hydroxylation is 1. The molecular weight excluding hydrogens is 208 g/mol. The molecule has 0 bridgehead atoms. The average Bonchev–Trinajstić information content (AvgIpc) is 2.39. The third-order valence-corrected chi connectivity index (χ3v) is 4.40. The molecule has 1 aliphatic rings. The van der Waals surface area contributed by atoms with E-state index in [0.29, 0.717) is 0 Å². The van der Waals surface area contributed by atoms with Crippen LogP contribution in [0.1, 0.15) is 19.4 Å². The number of rotatable bonds is 3. The van der Waals surface area contributed by atoms with E-state index >= 15 is 0 Å². The van der Waals surface area contributed by atoms with Crippen LogP contribution in [0, 0.1) is 6.92 Å². The number of piperazine rings is 1. The zero-order valence-corrected chi connectivity index (χ0v) is 11.4. The predicted molar refractivity (Wildman–Crippen MR) is 74.5 cm³/mol. The van der Waals surface area contributed by atoms with Gasteiger partial charge in [-0.05, 0) is 38.5 Å². The summed E-state index contributed by atoms with van der Waals surface area (Å²) >= 11 is 0. The second kappa shape index (κ2) is 5.09. The van der Waals surface area contributed by atoms with Gasteiger partial charge in [0.2, 0.25) is 0 Å². The van der Waals surface area contributed by atoms with E-state index in [9.17, 15) is 0 Å². The van der Waals surface area contributed by atoms with Crippen molar-refractivity contribution < 1.29 is 4.48 Å². The van der Waals surface area contributed by atoms with Gasteiger partial charge in [-0.2, -0.15) is 0 Å². The lowest BCUT2D eigenvalue weighted by Gasteiger charge is -2.44. The molecule has 2 nitrogen and oxygen atoms in total. The van der Waals surface area contributed by atoms with Crippen molar-refractivity contribution in [3.63, 3.8) is 0 Å². The van der Waals surface area contributed by atoms with Crippen molar-refractivity contribution in [1.29, 1.82) is 0 Å². The fraction of sp³-hybridized carbons (Fsp3) is 0.600. The standard InChI is InChI=1S/C15H25N2/c1-4-17(5-2)11-9-16(10-12-17)15-8-6-7-14(3)13-15/h6-8,13H,4-5,9-12H2,1-3H3/q+1. The number of hydrogen-bond donors (Lipinski definition) is 0. The van der Waals surface area contributed by atoms with Gasteiger partial charge >= 0.3 is 0 Å². The number of quaternary nitrogens is 1. The minimum Gasteiger partial charge on any atom is -0.360 e. The van der Waals surface area contributed by atoms with Crippen LogP contribution in [0.5, 0.6) is 0 Å². The molecule has 0 unspecified atom stereocenters. The lowest BCUT2D eigenvalue weighted by molar-refractivity contribution is -0.925. The van der Waals surface area contributed by atoms with E-state index in [0.717, 1.165) is 0 Å². The molecule has 1 fully saturated rings. The van der Waals surface area contributed by atoms with E-state index in [-0.39, 0.29) is 0 Å². The molecule has 17 heavy (non-hydrogen) atoms. The number of likely N-dealkylation sites (N-methyl/N-ethyl adjacent to an activating group) is 1. The maximum atomic E-state index is 2.54. The summed E-state index contributed by atoms with van der Waals surface area (Å²) in [5, 5.41) is 0. The molecule has 0 saturated carbocycles. The third-order valence-electron chi connectivity index (χ3n) is 4.40. The summed E-state index contributed by atoms with van der Waals surface area (Å²) in [6.45, 7) is 14.4. The smallest absolute Gasteiger partial charge is 0.0965 e. The molecule has 2 rings (SSSR count). The Morgan fingerprint density at radius 3 is 2.29 bits per heavy atom. The van der Waals surface area contributed by atoms with Crippen molar-refractivity contribution in [3.8, 4) is 0 Å². The number of hydrogen-bond acceptors (Lipinski definition) is 1. The summed E-state index contributed by atoms with van der Waals surface area (Å²) in [7, 11) is 0. The zero-order chi connectivity index (χ0) is 12.3. The molecule has 1 saturated heterocycles. The number of anilines is 1. The van der Waals surface area contributed by atoms with Crippen molar-refractivity contribution in [3.05, 3.63) is 29.8 Å². The van der Waals surface area contributed by atoms with Gasteiger partial charge in [-0.15, -0.1) is 0 Å². The van der Waals surface area contributed by atoms with Crippen LogP contribution >= 0.6 is 0 Å². The molecule has 0 N–H and O–H groups in total. The molecule has 1 aliphatic heterocycles. The van der Waals surface area contributed by atoms with Gasteiger partial charge < -0.3 is 9.38 Å². The van der Waals surface area contributed by atoms with Crippen LogP contribution in [-0.2, 0) is 0 Å². The fourth-order valence-corrected chi connectivity index (χ4v) is 2.83. The molecule has 0 aromatic heterocycles. The first-order valence-electron chi connectivity index (χ1n) is 6.86. The van der Waals surface area contributed by atoms with Crippen LogP contribution in [0.2, 0.25) is 0 Å². The van der Waals surface area contributed by atoms with Crippen LogP contribution in [0.15, 0.2) is 24.3 Å². The molecule has 1 heterocycles. The SMILES string of the molecule is CC[N+]1(CC)CCN(c2cccc(C)c2)CC1. The molecule has 2 heteroatoms. The maximum absolute atomic E-state index is 2.54. The maximum Gasteiger partial charge on any atom is 0.0965 e. The topological polar surface area (TPSA) is 3.24 Å². The summed E-state index contributed by atoms with van der Waals surface area (Å²) in [6, 6.07) is 8.88. The van der Waals surface area contributed by atoms with Gasteiger partial charge in [-0.3, -0.25) is 0 Å². The van der Waals surface area contributed by atoms with E-state index in [2.05, 4.69) is 49.9 Å². The normalized spacial score (nSPS) is 19.4. The van der Waals surface area contributed by atoms with Crippen molar-refractivity contribution >= 4 is 5.69 Å². The van der Waals surface area contributed by atoms with Gasteiger partial charge in [0.25, 0.3) is 0 Å². The predicted octanol–water partition coefficient (Wildman–Crippen LogP) is 2.67. The molecule has 1 aromatic rings. The molecule has 0 spiro atoms. The van der Waals surface area contributed by atoms with E-state index < -0.39 is 0 Å². The zero-order valence-electron chi connectivity index (χ0n) is 11.4.